The first kappa shape index (κ1) is 13.5. The molecule has 1 aromatic carbocycles. The van der Waals surface area contributed by atoms with Gasteiger partial charge in [-0.05, 0) is 52.9 Å². The van der Waals surface area contributed by atoms with E-state index in [0.717, 1.165) is 12.8 Å². The molecule has 2 nitrogen and oxygen atoms in total. The molecule has 1 N–H and O–H groups in total. The monoisotopic (exact) mass is 313 g/mol. The maximum Gasteiger partial charge on any atom is 0.224 e. The highest BCUT2D eigenvalue weighted by atomic mass is 79.9. The molecule has 1 aliphatic carbocycles. The highest BCUT2D eigenvalue weighted by molar-refractivity contribution is 9.10. The summed E-state index contributed by atoms with van der Waals surface area (Å²) in [7, 11) is 0. The molecule has 1 fully saturated rings. The topological polar surface area (TPSA) is 29.1 Å². The van der Waals surface area contributed by atoms with E-state index >= 15 is 0 Å². The van der Waals surface area contributed by atoms with Crippen LogP contribution in [0.5, 0.6) is 0 Å². The molecule has 0 heterocycles. The molecule has 18 heavy (non-hydrogen) atoms. The van der Waals surface area contributed by atoms with Crippen molar-refractivity contribution in [2.45, 2.75) is 38.5 Å². The van der Waals surface area contributed by atoms with E-state index < -0.39 is 0 Å². The predicted molar refractivity (Wildman–Crippen MR) is 73.9 cm³/mol. The van der Waals surface area contributed by atoms with Crippen LogP contribution in [0.2, 0.25) is 0 Å². The van der Waals surface area contributed by atoms with Crippen molar-refractivity contribution in [3.63, 3.8) is 0 Å². The summed E-state index contributed by atoms with van der Waals surface area (Å²) in [4.78, 5) is 11.9. The maximum absolute atomic E-state index is 13.1. The Balaban J connectivity index is 1.92. The van der Waals surface area contributed by atoms with Gasteiger partial charge in [-0.2, -0.15) is 0 Å². The van der Waals surface area contributed by atoms with E-state index in [1.54, 1.807) is 6.07 Å². The summed E-state index contributed by atoms with van der Waals surface area (Å²) < 4.78 is 13.8. The van der Waals surface area contributed by atoms with Crippen molar-refractivity contribution in [3.05, 3.63) is 28.5 Å². The fraction of sp³-hybridized carbons (Fsp3) is 0.500. The Morgan fingerprint density at radius 1 is 1.33 bits per heavy atom. The minimum atomic E-state index is -0.342. The number of carbonyl (C=O) groups excluding carboxylic acids is 1. The zero-order valence-corrected chi connectivity index (χ0v) is 11.8. The molecule has 0 bridgehead atoms. The Morgan fingerprint density at radius 2 is 2.06 bits per heavy atom. The number of amides is 1. The van der Waals surface area contributed by atoms with Gasteiger partial charge < -0.3 is 5.32 Å². The standard InChI is InChI=1S/C14H17BrFNO/c15-12-7-6-11(16)9-13(12)17-14(18)8-10-4-2-1-3-5-10/h6-7,9-10H,1-5,8H2,(H,17,18). The zero-order valence-electron chi connectivity index (χ0n) is 10.2. The number of anilines is 1. The first-order chi connectivity index (χ1) is 8.65. The lowest BCUT2D eigenvalue weighted by Gasteiger charge is -2.21. The maximum atomic E-state index is 13.1. The van der Waals surface area contributed by atoms with Crippen molar-refractivity contribution < 1.29 is 9.18 Å². The van der Waals surface area contributed by atoms with Crippen LogP contribution in [-0.4, -0.2) is 5.91 Å². The Morgan fingerprint density at radius 3 is 2.78 bits per heavy atom. The molecular formula is C14H17BrFNO. The number of rotatable bonds is 3. The molecule has 1 aromatic rings. The summed E-state index contributed by atoms with van der Waals surface area (Å²) in [5, 5.41) is 2.77. The Kier molecular flexibility index (Phi) is 4.75. The Bertz CT molecular complexity index is 430. The van der Waals surface area contributed by atoms with E-state index in [4.69, 9.17) is 0 Å². The number of hydrogen-bond donors (Lipinski definition) is 1. The average Bonchev–Trinajstić information content (AvgIpc) is 2.35. The molecule has 1 amide bonds. The molecule has 1 aliphatic rings. The minimum absolute atomic E-state index is 0.0202. The van der Waals surface area contributed by atoms with E-state index in [1.807, 2.05) is 0 Å². The van der Waals surface area contributed by atoms with Crippen LogP contribution in [0.15, 0.2) is 22.7 Å². The summed E-state index contributed by atoms with van der Waals surface area (Å²) in [5.41, 5.74) is 0.510. The van der Waals surface area contributed by atoms with Gasteiger partial charge in [0.15, 0.2) is 0 Å². The van der Waals surface area contributed by atoms with Gasteiger partial charge in [-0.25, -0.2) is 4.39 Å². The van der Waals surface area contributed by atoms with E-state index in [0.29, 0.717) is 22.5 Å². The molecule has 0 spiro atoms. The van der Waals surface area contributed by atoms with E-state index in [-0.39, 0.29) is 11.7 Å². The SMILES string of the molecule is O=C(CC1CCCCC1)Nc1cc(F)ccc1Br. The molecule has 0 radical (unpaired) electrons. The van der Waals surface area contributed by atoms with Crippen LogP contribution < -0.4 is 5.32 Å². The quantitative estimate of drug-likeness (QED) is 0.874. The van der Waals surface area contributed by atoms with Crippen LogP contribution in [0, 0.1) is 11.7 Å². The molecule has 2 rings (SSSR count). The second-order valence-corrected chi connectivity index (χ2v) is 5.73. The van der Waals surface area contributed by atoms with Crippen LogP contribution in [0.3, 0.4) is 0 Å². The molecular weight excluding hydrogens is 297 g/mol. The van der Waals surface area contributed by atoms with Gasteiger partial charge >= 0.3 is 0 Å². The fourth-order valence-corrected chi connectivity index (χ4v) is 2.79. The van der Waals surface area contributed by atoms with Gasteiger partial charge in [0.2, 0.25) is 5.91 Å². The third kappa shape index (κ3) is 3.80. The molecule has 1 saturated carbocycles. The van der Waals surface area contributed by atoms with Gasteiger partial charge in [-0.3, -0.25) is 4.79 Å². The van der Waals surface area contributed by atoms with Crippen molar-refractivity contribution >= 4 is 27.5 Å². The molecule has 0 unspecified atom stereocenters. The van der Waals surface area contributed by atoms with Crippen LogP contribution >= 0.6 is 15.9 Å². The Hall–Kier alpha value is -0.900. The number of nitrogens with one attached hydrogen (secondary N) is 1. The zero-order chi connectivity index (χ0) is 13.0. The van der Waals surface area contributed by atoms with Gasteiger partial charge in [0, 0.05) is 10.9 Å². The number of carbonyl (C=O) groups is 1. The normalized spacial score (nSPS) is 16.6. The Labute approximate surface area is 115 Å². The van der Waals surface area contributed by atoms with Crippen molar-refractivity contribution in [2.75, 3.05) is 5.32 Å². The van der Waals surface area contributed by atoms with Crippen molar-refractivity contribution in [1.82, 2.24) is 0 Å². The van der Waals surface area contributed by atoms with Gasteiger partial charge in [-0.1, -0.05) is 19.3 Å². The number of benzene rings is 1. The second-order valence-electron chi connectivity index (χ2n) is 4.88. The van der Waals surface area contributed by atoms with Crippen molar-refractivity contribution in [3.8, 4) is 0 Å². The van der Waals surface area contributed by atoms with Crippen LogP contribution in [0.1, 0.15) is 38.5 Å². The first-order valence-corrected chi connectivity index (χ1v) is 7.19. The summed E-state index contributed by atoms with van der Waals surface area (Å²) >= 11 is 3.30. The lowest BCUT2D eigenvalue weighted by atomic mass is 9.87. The summed E-state index contributed by atoms with van der Waals surface area (Å²) in [5.74, 6) is 0.130. The number of halogens is 2. The summed E-state index contributed by atoms with van der Waals surface area (Å²) in [6, 6.07) is 4.30. The molecule has 98 valence electrons. The third-order valence-corrected chi connectivity index (χ3v) is 4.09. The largest absolute Gasteiger partial charge is 0.325 e. The molecule has 0 atom stereocenters. The van der Waals surface area contributed by atoms with E-state index in [9.17, 15) is 9.18 Å². The molecule has 0 aliphatic heterocycles. The van der Waals surface area contributed by atoms with Gasteiger partial charge in [0.05, 0.1) is 5.69 Å². The lowest BCUT2D eigenvalue weighted by Crippen LogP contribution is -2.18. The highest BCUT2D eigenvalue weighted by Crippen LogP contribution is 2.28. The van der Waals surface area contributed by atoms with Gasteiger partial charge in [0.25, 0.3) is 0 Å². The second kappa shape index (κ2) is 6.32. The van der Waals surface area contributed by atoms with Crippen LogP contribution in [0.4, 0.5) is 10.1 Å². The highest BCUT2D eigenvalue weighted by Gasteiger charge is 2.17. The summed E-state index contributed by atoms with van der Waals surface area (Å²) in [6.07, 6.45) is 6.55. The van der Waals surface area contributed by atoms with Crippen molar-refractivity contribution in [2.24, 2.45) is 5.92 Å². The molecule has 0 aromatic heterocycles. The number of hydrogen-bond acceptors (Lipinski definition) is 1. The van der Waals surface area contributed by atoms with Gasteiger partial charge in [0.1, 0.15) is 5.82 Å². The van der Waals surface area contributed by atoms with Gasteiger partial charge in [-0.15, -0.1) is 0 Å². The summed E-state index contributed by atoms with van der Waals surface area (Å²) in [6.45, 7) is 0. The van der Waals surface area contributed by atoms with Crippen LogP contribution in [-0.2, 0) is 4.79 Å². The van der Waals surface area contributed by atoms with E-state index in [2.05, 4.69) is 21.2 Å². The molecule has 4 heteroatoms. The predicted octanol–water partition coefficient (Wildman–Crippen LogP) is 4.50. The first-order valence-electron chi connectivity index (χ1n) is 6.40. The van der Waals surface area contributed by atoms with Crippen LogP contribution in [0.25, 0.3) is 0 Å². The fourth-order valence-electron chi connectivity index (χ4n) is 2.45. The smallest absolute Gasteiger partial charge is 0.224 e. The minimum Gasteiger partial charge on any atom is -0.325 e. The average molecular weight is 314 g/mol. The molecule has 0 saturated heterocycles. The van der Waals surface area contributed by atoms with Crippen molar-refractivity contribution in [1.29, 1.82) is 0 Å². The van der Waals surface area contributed by atoms with E-state index in [1.165, 1.54) is 31.4 Å². The third-order valence-electron chi connectivity index (χ3n) is 3.40. The lowest BCUT2D eigenvalue weighted by molar-refractivity contribution is -0.117.